The lowest BCUT2D eigenvalue weighted by molar-refractivity contribution is 1.82. The minimum Gasteiger partial charge on any atom is -0.136 e. The van der Waals surface area contributed by atoms with Gasteiger partial charge >= 0.3 is 0 Å². The van der Waals surface area contributed by atoms with Gasteiger partial charge in [0.1, 0.15) is 0 Å². The Hall–Kier alpha value is -0.0100. The maximum Gasteiger partial charge on any atom is 0.0809 e. The number of thiophene rings is 1. The predicted octanol–water partition coefficient (Wildman–Crippen LogP) is 2.33. The Balaban J connectivity index is 3.15. The van der Waals surface area contributed by atoms with Crippen molar-refractivity contribution in [2.45, 2.75) is 0 Å². The van der Waals surface area contributed by atoms with Gasteiger partial charge in [0.05, 0.1) is 2.88 Å². The highest BCUT2D eigenvalue weighted by molar-refractivity contribution is 14.1. The van der Waals surface area contributed by atoms with Gasteiger partial charge in [-0.1, -0.05) is 5.92 Å². The van der Waals surface area contributed by atoms with Gasteiger partial charge < -0.3 is 0 Å². The first-order valence-corrected chi connectivity index (χ1v) is 4.00. The van der Waals surface area contributed by atoms with E-state index < -0.39 is 0 Å². The molecule has 0 radical (unpaired) electrons. The van der Waals surface area contributed by atoms with Gasteiger partial charge in [-0.25, -0.2) is 0 Å². The van der Waals surface area contributed by atoms with E-state index in [1.54, 1.807) is 11.3 Å². The topological polar surface area (TPSA) is 0 Å². The lowest BCUT2D eigenvalue weighted by Gasteiger charge is -1.77. The first kappa shape index (κ1) is 6.12. The predicted molar refractivity (Wildman–Crippen MR) is 45.0 cm³/mol. The van der Waals surface area contributed by atoms with Crippen molar-refractivity contribution in [3.8, 4) is 12.3 Å². The average molecular weight is 234 g/mol. The van der Waals surface area contributed by atoms with Gasteiger partial charge in [0.2, 0.25) is 0 Å². The number of rotatable bonds is 0. The van der Waals surface area contributed by atoms with Crippen LogP contribution in [-0.4, -0.2) is 0 Å². The van der Waals surface area contributed by atoms with E-state index in [1.165, 1.54) is 2.88 Å². The Morgan fingerprint density at radius 1 is 1.75 bits per heavy atom. The largest absolute Gasteiger partial charge is 0.136 e. The van der Waals surface area contributed by atoms with Gasteiger partial charge in [0, 0.05) is 5.56 Å². The van der Waals surface area contributed by atoms with Crippen LogP contribution in [0.4, 0.5) is 0 Å². The molecule has 1 heterocycles. The molecule has 0 amide bonds. The zero-order valence-electron chi connectivity index (χ0n) is 4.02. The van der Waals surface area contributed by atoms with E-state index in [4.69, 9.17) is 6.42 Å². The van der Waals surface area contributed by atoms with E-state index in [2.05, 4.69) is 28.5 Å². The van der Waals surface area contributed by atoms with Crippen molar-refractivity contribution in [3.05, 3.63) is 19.9 Å². The minimum absolute atomic E-state index is 1.01. The second kappa shape index (κ2) is 2.51. The number of terminal acetylenes is 1. The van der Waals surface area contributed by atoms with Gasteiger partial charge in [-0.3, -0.25) is 0 Å². The van der Waals surface area contributed by atoms with Crippen molar-refractivity contribution >= 4 is 33.9 Å². The molecular formula is C6H3IS. The standard InChI is InChI=1S/C6H3IS/c1-2-5-3-4-8-6(5)7/h1,3-4H. The first-order valence-electron chi connectivity index (χ1n) is 2.04. The average Bonchev–Trinajstić information content (AvgIpc) is 2.14. The highest BCUT2D eigenvalue weighted by Gasteiger charge is 1.92. The lowest BCUT2D eigenvalue weighted by Crippen LogP contribution is -1.64. The fourth-order valence-electron chi connectivity index (χ4n) is 0.396. The van der Waals surface area contributed by atoms with E-state index in [9.17, 15) is 0 Å². The Labute approximate surface area is 66.1 Å². The molecule has 8 heavy (non-hydrogen) atoms. The summed E-state index contributed by atoms with van der Waals surface area (Å²) in [7, 11) is 0. The summed E-state index contributed by atoms with van der Waals surface area (Å²) < 4.78 is 1.20. The highest BCUT2D eigenvalue weighted by atomic mass is 127. The monoisotopic (exact) mass is 234 g/mol. The van der Waals surface area contributed by atoms with E-state index in [0.29, 0.717) is 0 Å². The Morgan fingerprint density at radius 2 is 2.50 bits per heavy atom. The van der Waals surface area contributed by atoms with Crippen LogP contribution in [-0.2, 0) is 0 Å². The van der Waals surface area contributed by atoms with Crippen LogP contribution in [0.3, 0.4) is 0 Å². The molecule has 1 aromatic rings. The molecule has 0 bridgehead atoms. The molecular weight excluding hydrogens is 231 g/mol. The maximum absolute atomic E-state index is 5.15. The van der Waals surface area contributed by atoms with Crippen LogP contribution in [0.5, 0.6) is 0 Å². The molecule has 0 aromatic carbocycles. The van der Waals surface area contributed by atoms with Gasteiger partial charge in [-0.05, 0) is 34.0 Å². The second-order valence-electron chi connectivity index (χ2n) is 1.25. The van der Waals surface area contributed by atoms with Crippen molar-refractivity contribution < 1.29 is 0 Å². The third-order valence-corrected chi connectivity index (χ3v) is 2.82. The van der Waals surface area contributed by atoms with E-state index >= 15 is 0 Å². The molecule has 0 saturated carbocycles. The van der Waals surface area contributed by atoms with Gasteiger partial charge in [0.15, 0.2) is 0 Å². The normalized spacial score (nSPS) is 8.50. The number of hydrogen-bond acceptors (Lipinski definition) is 1. The van der Waals surface area contributed by atoms with Crippen LogP contribution in [0.1, 0.15) is 5.56 Å². The highest BCUT2D eigenvalue weighted by Crippen LogP contribution is 2.16. The Bertz CT molecular complexity index is 219. The summed E-state index contributed by atoms with van der Waals surface area (Å²) in [6.45, 7) is 0. The molecule has 1 rings (SSSR count). The molecule has 0 aliphatic carbocycles. The van der Waals surface area contributed by atoms with Crippen LogP contribution >= 0.6 is 33.9 Å². The van der Waals surface area contributed by atoms with E-state index in [1.807, 2.05) is 11.4 Å². The van der Waals surface area contributed by atoms with Crippen molar-refractivity contribution in [2.24, 2.45) is 0 Å². The molecule has 0 unspecified atom stereocenters. The fourth-order valence-corrected chi connectivity index (χ4v) is 1.75. The Kier molecular flexibility index (Phi) is 1.92. The van der Waals surface area contributed by atoms with Gasteiger partial charge in [-0.2, -0.15) is 0 Å². The fraction of sp³-hybridized carbons (Fsp3) is 0. The molecule has 0 aliphatic heterocycles. The van der Waals surface area contributed by atoms with Gasteiger partial charge in [0.25, 0.3) is 0 Å². The quantitative estimate of drug-likeness (QED) is 0.477. The van der Waals surface area contributed by atoms with E-state index in [0.717, 1.165) is 5.56 Å². The van der Waals surface area contributed by atoms with Crippen molar-refractivity contribution in [1.82, 2.24) is 0 Å². The smallest absolute Gasteiger partial charge is 0.0809 e. The molecule has 1 aromatic heterocycles. The number of halogens is 1. The molecule has 0 fully saturated rings. The molecule has 0 spiro atoms. The molecule has 40 valence electrons. The van der Waals surface area contributed by atoms with Crippen LogP contribution in [0.2, 0.25) is 0 Å². The summed E-state index contributed by atoms with van der Waals surface area (Å²) in [5.41, 5.74) is 1.01. The first-order chi connectivity index (χ1) is 3.84. The molecule has 0 atom stereocenters. The zero-order chi connectivity index (χ0) is 5.98. The maximum atomic E-state index is 5.15. The van der Waals surface area contributed by atoms with Crippen LogP contribution < -0.4 is 0 Å². The Morgan fingerprint density at radius 3 is 2.75 bits per heavy atom. The summed E-state index contributed by atoms with van der Waals surface area (Å²) in [5.74, 6) is 2.58. The third kappa shape index (κ3) is 1.04. The molecule has 0 saturated heterocycles. The summed E-state index contributed by atoms with van der Waals surface area (Å²) in [4.78, 5) is 0. The van der Waals surface area contributed by atoms with Crippen LogP contribution in [0.25, 0.3) is 0 Å². The minimum atomic E-state index is 1.01. The van der Waals surface area contributed by atoms with Crippen molar-refractivity contribution in [1.29, 1.82) is 0 Å². The van der Waals surface area contributed by atoms with Crippen LogP contribution in [0, 0.1) is 15.2 Å². The van der Waals surface area contributed by atoms with Crippen LogP contribution in [0.15, 0.2) is 11.4 Å². The molecule has 2 heteroatoms. The summed E-state index contributed by atoms with van der Waals surface area (Å²) in [6, 6.07) is 1.95. The summed E-state index contributed by atoms with van der Waals surface area (Å²) in [6.07, 6.45) is 5.15. The second-order valence-corrected chi connectivity index (χ2v) is 3.98. The SMILES string of the molecule is C#Cc1ccsc1I. The van der Waals surface area contributed by atoms with Crippen molar-refractivity contribution in [2.75, 3.05) is 0 Å². The lowest BCUT2D eigenvalue weighted by atomic mass is 10.4. The summed E-state index contributed by atoms with van der Waals surface area (Å²) >= 11 is 3.90. The summed E-state index contributed by atoms with van der Waals surface area (Å²) in [5, 5.41) is 2.00. The van der Waals surface area contributed by atoms with Gasteiger partial charge in [-0.15, -0.1) is 17.8 Å². The number of hydrogen-bond donors (Lipinski definition) is 0. The third-order valence-electron chi connectivity index (χ3n) is 0.773. The molecule has 0 aliphatic rings. The molecule has 0 N–H and O–H groups in total. The van der Waals surface area contributed by atoms with Crippen molar-refractivity contribution in [3.63, 3.8) is 0 Å². The van der Waals surface area contributed by atoms with E-state index in [-0.39, 0.29) is 0 Å². The molecule has 0 nitrogen and oxygen atoms in total. The zero-order valence-corrected chi connectivity index (χ0v) is 6.99.